The van der Waals surface area contributed by atoms with Crippen LogP contribution in [0.15, 0.2) is 77.4 Å². The van der Waals surface area contributed by atoms with Crippen LogP contribution in [0, 0.1) is 0 Å². The molecule has 1 heterocycles. The molecular formula is C19H17NO2. The summed E-state index contributed by atoms with van der Waals surface area (Å²) in [7, 11) is 1.81. The quantitative estimate of drug-likeness (QED) is 0.721. The molecule has 3 heteroatoms. The predicted molar refractivity (Wildman–Crippen MR) is 86.4 cm³/mol. The van der Waals surface area contributed by atoms with Crippen LogP contribution >= 0.6 is 0 Å². The molecule has 3 aromatic rings. The van der Waals surface area contributed by atoms with Crippen LogP contribution in [-0.4, -0.2) is 17.9 Å². The summed E-state index contributed by atoms with van der Waals surface area (Å²) in [4.78, 5) is 14.5. The molecule has 0 saturated heterocycles. The fraction of sp³-hybridized carbons (Fsp3) is 0.105. The summed E-state index contributed by atoms with van der Waals surface area (Å²) in [6.45, 7) is 0.576. The van der Waals surface area contributed by atoms with Gasteiger partial charge in [-0.25, -0.2) is 0 Å². The first-order chi connectivity index (χ1) is 10.8. The lowest BCUT2D eigenvalue weighted by atomic mass is 10.0. The third kappa shape index (κ3) is 2.93. The number of nitrogens with zero attached hydrogens (tertiary/aromatic N) is 1. The van der Waals surface area contributed by atoms with Gasteiger partial charge in [-0.3, -0.25) is 4.79 Å². The van der Waals surface area contributed by atoms with E-state index in [9.17, 15) is 4.79 Å². The fourth-order valence-electron chi connectivity index (χ4n) is 2.45. The Kier molecular flexibility index (Phi) is 4.05. The molecule has 0 N–H and O–H groups in total. The summed E-state index contributed by atoms with van der Waals surface area (Å²) in [5.41, 5.74) is 2.57. The van der Waals surface area contributed by atoms with Crippen LogP contribution in [0.5, 0.6) is 0 Å². The highest BCUT2D eigenvalue weighted by molar-refractivity contribution is 6.00. The maximum atomic E-state index is 12.7. The van der Waals surface area contributed by atoms with Crippen molar-refractivity contribution in [3.05, 3.63) is 84.1 Å². The van der Waals surface area contributed by atoms with E-state index in [4.69, 9.17) is 4.42 Å². The molecule has 1 aromatic heterocycles. The van der Waals surface area contributed by atoms with E-state index in [1.54, 1.807) is 11.2 Å². The number of amides is 1. The maximum Gasteiger partial charge on any atom is 0.254 e. The second-order valence-electron chi connectivity index (χ2n) is 5.17. The Bertz CT molecular complexity index is 748. The molecule has 0 unspecified atom stereocenters. The summed E-state index contributed by atoms with van der Waals surface area (Å²) >= 11 is 0. The van der Waals surface area contributed by atoms with Gasteiger partial charge in [-0.2, -0.15) is 0 Å². The average Bonchev–Trinajstić information content (AvgIpc) is 3.09. The predicted octanol–water partition coefficient (Wildman–Crippen LogP) is 4.22. The Morgan fingerprint density at radius 3 is 2.41 bits per heavy atom. The molecular weight excluding hydrogens is 274 g/mol. The number of benzene rings is 2. The molecule has 2 aromatic carbocycles. The Morgan fingerprint density at radius 2 is 1.68 bits per heavy atom. The minimum Gasteiger partial charge on any atom is -0.464 e. The first kappa shape index (κ1) is 14.1. The van der Waals surface area contributed by atoms with Gasteiger partial charge in [-0.1, -0.05) is 48.5 Å². The molecule has 110 valence electrons. The van der Waals surface area contributed by atoms with Gasteiger partial charge in [-0.15, -0.1) is 0 Å². The van der Waals surface area contributed by atoms with E-state index >= 15 is 0 Å². The van der Waals surface area contributed by atoms with Crippen molar-refractivity contribution in [1.82, 2.24) is 4.90 Å². The largest absolute Gasteiger partial charge is 0.464 e. The lowest BCUT2D eigenvalue weighted by molar-refractivity contribution is 0.0785. The van der Waals surface area contributed by atoms with E-state index in [0.717, 1.165) is 11.1 Å². The van der Waals surface area contributed by atoms with E-state index < -0.39 is 0 Å². The lowest BCUT2D eigenvalue weighted by Crippen LogP contribution is -2.26. The van der Waals surface area contributed by atoms with Gasteiger partial charge < -0.3 is 9.32 Å². The van der Waals surface area contributed by atoms with Crippen LogP contribution in [0.4, 0.5) is 0 Å². The molecule has 22 heavy (non-hydrogen) atoms. The van der Waals surface area contributed by atoms with Gasteiger partial charge in [0, 0.05) is 19.2 Å². The standard InChI is InChI=1S/C19H17NO2/c1-20(14-15-8-3-2-4-9-15)19(21)17-11-6-5-10-16(17)18-12-7-13-22-18/h2-13H,14H2,1H3. The molecule has 0 aliphatic heterocycles. The molecule has 0 atom stereocenters. The first-order valence-corrected chi connectivity index (χ1v) is 7.18. The lowest BCUT2D eigenvalue weighted by Gasteiger charge is -2.18. The number of furan rings is 1. The Labute approximate surface area is 129 Å². The van der Waals surface area contributed by atoms with Crippen molar-refractivity contribution in [3.63, 3.8) is 0 Å². The van der Waals surface area contributed by atoms with Crippen LogP contribution in [0.2, 0.25) is 0 Å². The SMILES string of the molecule is CN(Cc1ccccc1)C(=O)c1ccccc1-c1ccco1. The van der Waals surface area contributed by atoms with Gasteiger partial charge in [-0.05, 0) is 23.8 Å². The minimum atomic E-state index is -0.0177. The highest BCUT2D eigenvalue weighted by Crippen LogP contribution is 2.25. The molecule has 3 nitrogen and oxygen atoms in total. The smallest absolute Gasteiger partial charge is 0.254 e. The third-order valence-corrected chi connectivity index (χ3v) is 3.55. The number of hydrogen-bond donors (Lipinski definition) is 0. The van der Waals surface area contributed by atoms with Crippen LogP contribution in [0.3, 0.4) is 0 Å². The topological polar surface area (TPSA) is 33.5 Å². The third-order valence-electron chi connectivity index (χ3n) is 3.55. The monoisotopic (exact) mass is 291 g/mol. The molecule has 0 spiro atoms. The zero-order valence-electron chi connectivity index (χ0n) is 12.4. The normalized spacial score (nSPS) is 10.4. The van der Waals surface area contributed by atoms with E-state index in [1.165, 1.54) is 0 Å². The summed E-state index contributed by atoms with van der Waals surface area (Å²) in [5, 5.41) is 0. The van der Waals surface area contributed by atoms with E-state index in [0.29, 0.717) is 17.9 Å². The summed E-state index contributed by atoms with van der Waals surface area (Å²) in [6, 6.07) is 21.2. The Balaban J connectivity index is 1.86. The Morgan fingerprint density at radius 1 is 0.955 bits per heavy atom. The number of carbonyl (C=O) groups is 1. The van der Waals surface area contributed by atoms with Gasteiger partial charge >= 0.3 is 0 Å². The maximum absolute atomic E-state index is 12.7. The zero-order chi connectivity index (χ0) is 15.4. The molecule has 0 bridgehead atoms. The molecule has 0 radical (unpaired) electrons. The van der Waals surface area contributed by atoms with E-state index in [2.05, 4.69) is 0 Å². The Hall–Kier alpha value is -2.81. The van der Waals surface area contributed by atoms with Crippen molar-refractivity contribution in [2.45, 2.75) is 6.54 Å². The fourth-order valence-corrected chi connectivity index (χ4v) is 2.45. The molecule has 1 amide bonds. The van der Waals surface area contributed by atoms with Crippen molar-refractivity contribution in [1.29, 1.82) is 0 Å². The summed E-state index contributed by atoms with van der Waals surface area (Å²) < 4.78 is 5.44. The van der Waals surface area contributed by atoms with E-state index in [1.807, 2.05) is 73.8 Å². The van der Waals surface area contributed by atoms with Gasteiger partial charge in [0.2, 0.25) is 0 Å². The van der Waals surface area contributed by atoms with Crippen molar-refractivity contribution in [2.75, 3.05) is 7.05 Å². The molecule has 0 aliphatic rings. The summed E-state index contributed by atoms with van der Waals surface area (Å²) in [5.74, 6) is 0.688. The summed E-state index contributed by atoms with van der Waals surface area (Å²) in [6.07, 6.45) is 1.62. The molecule has 0 fully saturated rings. The van der Waals surface area contributed by atoms with Crippen molar-refractivity contribution < 1.29 is 9.21 Å². The zero-order valence-corrected chi connectivity index (χ0v) is 12.4. The van der Waals surface area contributed by atoms with Crippen molar-refractivity contribution >= 4 is 5.91 Å². The van der Waals surface area contributed by atoms with Crippen LogP contribution in [0.25, 0.3) is 11.3 Å². The highest BCUT2D eigenvalue weighted by atomic mass is 16.3. The molecule has 0 saturated carbocycles. The molecule has 3 rings (SSSR count). The second kappa shape index (κ2) is 6.31. The second-order valence-corrected chi connectivity index (χ2v) is 5.17. The van der Waals surface area contributed by atoms with Gasteiger partial charge in [0.15, 0.2) is 0 Å². The van der Waals surface area contributed by atoms with Crippen LogP contribution in [0.1, 0.15) is 15.9 Å². The van der Waals surface area contributed by atoms with Crippen LogP contribution < -0.4 is 0 Å². The van der Waals surface area contributed by atoms with Crippen LogP contribution in [-0.2, 0) is 6.54 Å². The number of hydrogen-bond acceptors (Lipinski definition) is 2. The number of carbonyl (C=O) groups excluding carboxylic acids is 1. The average molecular weight is 291 g/mol. The molecule has 0 aliphatic carbocycles. The number of rotatable bonds is 4. The van der Waals surface area contributed by atoms with Crippen molar-refractivity contribution in [3.8, 4) is 11.3 Å². The van der Waals surface area contributed by atoms with Crippen molar-refractivity contribution in [2.24, 2.45) is 0 Å². The van der Waals surface area contributed by atoms with Gasteiger partial charge in [0.25, 0.3) is 5.91 Å². The van der Waals surface area contributed by atoms with Gasteiger partial charge in [0.05, 0.1) is 11.8 Å². The van der Waals surface area contributed by atoms with Gasteiger partial charge in [0.1, 0.15) is 5.76 Å². The first-order valence-electron chi connectivity index (χ1n) is 7.18. The minimum absolute atomic E-state index is 0.0177. The highest BCUT2D eigenvalue weighted by Gasteiger charge is 2.17. The van der Waals surface area contributed by atoms with E-state index in [-0.39, 0.29) is 5.91 Å².